The largest absolute Gasteiger partial charge is 0.325 e. The Morgan fingerprint density at radius 2 is 1.72 bits per heavy atom. The maximum atomic E-state index is 13.0. The van der Waals surface area contributed by atoms with Crippen molar-refractivity contribution in [2.75, 3.05) is 18.4 Å². The lowest BCUT2D eigenvalue weighted by Crippen LogP contribution is -2.37. The zero-order chi connectivity index (χ0) is 22.5. The summed E-state index contributed by atoms with van der Waals surface area (Å²) in [5.74, 6) is -0.284. The summed E-state index contributed by atoms with van der Waals surface area (Å²) in [4.78, 5) is 28.4. The molecule has 0 atom stereocenters. The van der Waals surface area contributed by atoms with E-state index in [1.165, 1.54) is 5.56 Å². The van der Waals surface area contributed by atoms with Crippen molar-refractivity contribution in [2.24, 2.45) is 5.92 Å². The van der Waals surface area contributed by atoms with Gasteiger partial charge in [-0.25, -0.2) is 0 Å². The molecule has 1 N–H and O–H groups in total. The van der Waals surface area contributed by atoms with Crippen LogP contribution in [0.5, 0.6) is 0 Å². The highest BCUT2D eigenvalue weighted by molar-refractivity contribution is 9.10. The van der Waals surface area contributed by atoms with Crippen LogP contribution in [0.2, 0.25) is 5.02 Å². The lowest BCUT2D eigenvalue weighted by Gasteiger charge is -2.31. The summed E-state index contributed by atoms with van der Waals surface area (Å²) >= 11 is 9.67. The quantitative estimate of drug-likeness (QED) is 0.402. The molecular weight excluding hydrogens is 488 g/mol. The monoisotopic (exact) mass is 510 g/mol. The highest BCUT2D eigenvalue weighted by Gasteiger charge is 2.26. The molecule has 164 valence electrons. The number of rotatable bonds is 6. The van der Waals surface area contributed by atoms with E-state index in [0.717, 1.165) is 36.9 Å². The second kappa shape index (κ2) is 10.4. The number of anilines is 1. The lowest BCUT2D eigenvalue weighted by atomic mass is 9.95. The number of ketones is 1. The zero-order valence-electron chi connectivity index (χ0n) is 17.6. The van der Waals surface area contributed by atoms with Gasteiger partial charge >= 0.3 is 0 Å². The van der Waals surface area contributed by atoms with Gasteiger partial charge in [0.1, 0.15) is 0 Å². The Kier molecular flexibility index (Phi) is 7.40. The second-order valence-corrected chi connectivity index (χ2v) is 9.41. The molecular formula is C26H24BrClN2O2. The fourth-order valence-electron chi connectivity index (χ4n) is 4.04. The van der Waals surface area contributed by atoms with E-state index in [1.54, 1.807) is 30.3 Å². The van der Waals surface area contributed by atoms with E-state index in [1.807, 2.05) is 30.3 Å². The number of amides is 1. The molecule has 3 aromatic carbocycles. The van der Waals surface area contributed by atoms with Gasteiger partial charge < -0.3 is 5.32 Å². The number of hydrogen-bond donors (Lipinski definition) is 1. The third-order valence-corrected chi connectivity index (χ3v) is 6.50. The molecule has 1 saturated heterocycles. The van der Waals surface area contributed by atoms with Gasteiger partial charge in [0.15, 0.2) is 5.78 Å². The number of carbonyl (C=O) groups excluding carboxylic acids is 2. The minimum atomic E-state index is -0.160. The van der Waals surface area contributed by atoms with Crippen LogP contribution >= 0.6 is 27.5 Å². The first-order valence-corrected chi connectivity index (χ1v) is 11.8. The molecule has 3 aromatic rings. The third kappa shape index (κ3) is 5.66. The van der Waals surface area contributed by atoms with E-state index in [0.29, 0.717) is 21.8 Å². The van der Waals surface area contributed by atoms with Crippen molar-refractivity contribution < 1.29 is 9.59 Å². The number of nitrogens with one attached hydrogen (secondary N) is 1. The van der Waals surface area contributed by atoms with Crippen LogP contribution in [0, 0.1) is 5.92 Å². The van der Waals surface area contributed by atoms with Gasteiger partial charge in [-0.1, -0.05) is 70.0 Å². The topological polar surface area (TPSA) is 49.4 Å². The normalized spacial score (nSPS) is 14.8. The van der Waals surface area contributed by atoms with Gasteiger partial charge in [-0.05, 0) is 61.8 Å². The van der Waals surface area contributed by atoms with Gasteiger partial charge in [0.25, 0.3) is 0 Å². The smallest absolute Gasteiger partial charge is 0.227 e. The first kappa shape index (κ1) is 22.7. The van der Waals surface area contributed by atoms with Crippen molar-refractivity contribution in [2.45, 2.75) is 19.4 Å². The molecule has 1 fully saturated rings. The number of halogens is 2. The first-order chi connectivity index (χ1) is 15.5. The van der Waals surface area contributed by atoms with Crippen LogP contribution < -0.4 is 5.32 Å². The summed E-state index contributed by atoms with van der Waals surface area (Å²) in [6.45, 7) is 2.60. The average Bonchev–Trinajstić information content (AvgIpc) is 2.81. The number of likely N-dealkylation sites (tertiary alicyclic amines) is 1. The molecule has 1 aliphatic rings. The summed E-state index contributed by atoms with van der Waals surface area (Å²) in [7, 11) is 0. The lowest BCUT2D eigenvalue weighted by molar-refractivity contribution is -0.121. The predicted octanol–water partition coefficient (Wildman–Crippen LogP) is 6.18. The van der Waals surface area contributed by atoms with Crippen molar-refractivity contribution >= 4 is 44.9 Å². The summed E-state index contributed by atoms with van der Waals surface area (Å²) in [5.41, 5.74) is 2.73. The predicted molar refractivity (Wildman–Crippen MR) is 132 cm³/mol. The van der Waals surface area contributed by atoms with Crippen molar-refractivity contribution in [3.63, 3.8) is 0 Å². The molecule has 0 aromatic heterocycles. The molecule has 4 nitrogen and oxygen atoms in total. The van der Waals surface area contributed by atoms with E-state index in [-0.39, 0.29) is 17.6 Å². The summed E-state index contributed by atoms with van der Waals surface area (Å²) in [5, 5.41) is 3.45. The van der Waals surface area contributed by atoms with Crippen molar-refractivity contribution in [1.29, 1.82) is 0 Å². The van der Waals surface area contributed by atoms with Crippen molar-refractivity contribution in [3.8, 4) is 0 Å². The summed E-state index contributed by atoms with van der Waals surface area (Å²) < 4.78 is 1.08. The van der Waals surface area contributed by atoms with Gasteiger partial charge in [0.2, 0.25) is 5.91 Å². The number of carbonyl (C=O) groups is 2. The second-order valence-electron chi connectivity index (χ2n) is 8.05. The summed E-state index contributed by atoms with van der Waals surface area (Å²) in [6, 6.07) is 22.3. The van der Waals surface area contributed by atoms with Crippen LogP contribution in [0.15, 0.2) is 77.3 Å². The molecule has 0 spiro atoms. The van der Waals surface area contributed by atoms with Crippen LogP contribution in [-0.2, 0) is 11.3 Å². The van der Waals surface area contributed by atoms with E-state index in [9.17, 15) is 9.59 Å². The zero-order valence-corrected chi connectivity index (χ0v) is 19.9. The molecule has 6 heteroatoms. The Bertz CT molecular complexity index is 1110. The Morgan fingerprint density at radius 3 is 2.44 bits per heavy atom. The minimum Gasteiger partial charge on any atom is -0.325 e. The van der Waals surface area contributed by atoms with E-state index in [4.69, 9.17) is 11.6 Å². The van der Waals surface area contributed by atoms with Crippen molar-refractivity contribution in [1.82, 2.24) is 4.90 Å². The molecule has 0 unspecified atom stereocenters. The molecule has 1 amide bonds. The highest BCUT2D eigenvalue weighted by Crippen LogP contribution is 2.26. The van der Waals surface area contributed by atoms with Gasteiger partial charge in [0.05, 0.1) is 5.69 Å². The van der Waals surface area contributed by atoms with Crippen LogP contribution in [0.25, 0.3) is 0 Å². The van der Waals surface area contributed by atoms with E-state index in [2.05, 4.69) is 38.3 Å². The Labute approximate surface area is 201 Å². The molecule has 1 heterocycles. The Balaban J connectivity index is 1.40. The molecule has 0 radical (unpaired) electrons. The van der Waals surface area contributed by atoms with Gasteiger partial charge in [-0.2, -0.15) is 0 Å². The highest BCUT2D eigenvalue weighted by atomic mass is 79.9. The average molecular weight is 512 g/mol. The Hall–Kier alpha value is -2.47. The van der Waals surface area contributed by atoms with Crippen LogP contribution in [0.3, 0.4) is 0 Å². The first-order valence-electron chi connectivity index (χ1n) is 10.7. The maximum absolute atomic E-state index is 13.0. The Morgan fingerprint density at radius 1 is 0.969 bits per heavy atom. The van der Waals surface area contributed by atoms with E-state index >= 15 is 0 Å². The molecule has 32 heavy (non-hydrogen) atoms. The maximum Gasteiger partial charge on any atom is 0.227 e. The fraction of sp³-hybridized carbons (Fsp3) is 0.231. The van der Waals surface area contributed by atoms with Crippen molar-refractivity contribution in [3.05, 3.63) is 99.0 Å². The molecule has 0 saturated carbocycles. The molecule has 0 bridgehead atoms. The molecule has 1 aliphatic heterocycles. The molecule has 4 rings (SSSR count). The number of nitrogens with zero attached hydrogens (tertiary/aromatic N) is 1. The van der Waals surface area contributed by atoms with Gasteiger partial charge in [0, 0.05) is 33.1 Å². The van der Waals surface area contributed by atoms with Gasteiger partial charge in [-0.3, -0.25) is 14.5 Å². The number of benzene rings is 3. The summed E-state index contributed by atoms with van der Waals surface area (Å²) in [6.07, 6.45) is 1.57. The SMILES string of the molecule is O=C(c1ccccc1)c1cc(Cl)ccc1NC(=O)C1CCN(Cc2cccc(Br)c2)CC1. The fourth-order valence-corrected chi connectivity index (χ4v) is 4.66. The third-order valence-electron chi connectivity index (χ3n) is 5.77. The molecule has 0 aliphatic carbocycles. The standard InChI is InChI=1S/C26H24BrClN2O2/c27-21-8-4-5-18(15-21)17-30-13-11-20(12-14-30)26(32)29-24-10-9-22(28)16-23(24)25(31)19-6-2-1-3-7-19/h1-10,15-16,20H,11-14,17H2,(H,29,32). The van der Waals surface area contributed by atoms with Gasteiger partial charge in [-0.15, -0.1) is 0 Å². The minimum absolute atomic E-state index is 0.0449. The van der Waals surface area contributed by atoms with Crippen LogP contribution in [0.4, 0.5) is 5.69 Å². The van der Waals surface area contributed by atoms with Crippen LogP contribution in [-0.4, -0.2) is 29.7 Å². The number of piperidine rings is 1. The van der Waals surface area contributed by atoms with Crippen LogP contribution in [0.1, 0.15) is 34.3 Å². The number of hydrogen-bond acceptors (Lipinski definition) is 3. The van der Waals surface area contributed by atoms with E-state index < -0.39 is 0 Å².